The van der Waals surface area contributed by atoms with E-state index in [4.69, 9.17) is 11.6 Å². The Labute approximate surface area is 62.5 Å². The van der Waals surface area contributed by atoms with Gasteiger partial charge in [-0.25, -0.2) is 4.39 Å². The van der Waals surface area contributed by atoms with E-state index in [1.807, 2.05) is 0 Å². The van der Waals surface area contributed by atoms with Crippen LogP contribution in [0.25, 0.3) is 0 Å². The Hall–Kier alpha value is 0.700. The number of hydrogen-bond donors (Lipinski definition) is 0. The summed E-state index contributed by atoms with van der Waals surface area (Å²) in [6.45, 7) is 3.38. The fourth-order valence-electron chi connectivity index (χ4n) is 0.365. The first kappa shape index (κ1) is 8.70. The van der Waals surface area contributed by atoms with Crippen LogP contribution in [0.15, 0.2) is 0 Å². The molecule has 0 radical (unpaired) electrons. The van der Waals surface area contributed by atoms with Gasteiger partial charge >= 0.3 is 0 Å². The smallest absolute Gasteiger partial charge is 0.128 e. The molecular formula is C5H9BrClF. The van der Waals surface area contributed by atoms with E-state index in [2.05, 4.69) is 15.9 Å². The fraction of sp³-hybridized carbons (Fsp3) is 1.00. The molecule has 0 rings (SSSR count). The molecule has 50 valence electrons. The maximum absolute atomic E-state index is 12.5. The summed E-state index contributed by atoms with van der Waals surface area (Å²) >= 11 is 8.50. The summed E-state index contributed by atoms with van der Waals surface area (Å²) in [6.07, 6.45) is -0.948. The monoisotopic (exact) mass is 202 g/mol. The van der Waals surface area contributed by atoms with Gasteiger partial charge in [-0.1, -0.05) is 15.9 Å². The molecule has 3 heteroatoms. The van der Waals surface area contributed by atoms with Gasteiger partial charge in [-0.3, -0.25) is 0 Å². The van der Waals surface area contributed by atoms with Gasteiger partial charge in [0.2, 0.25) is 0 Å². The molecule has 0 aliphatic rings. The quantitative estimate of drug-likeness (QED) is 0.606. The highest BCUT2D eigenvalue weighted by Crippen LogP contribution is 2.15. The van der Waals surface area contributed by atoms with Gasteiger partial charge in [0.15, 0.2) is 0 Å². The predicted molar refractivity (Wildman–Crippen MR) is 38.6 cm³/mol. The summed E-state index contributed by atoms with van der Waals surface area (Å²) in [7, 11) is 0. The van der Waals surface area contributed by atoms with Gasteiger partial charge in [0.05, 0.1) is 5.38 Å². The van der Waals surface area contributed by atoms with Crippen LogP contribution in [-0.4, -0.2) is 16.4 Å². The van der Waals surface area contributed by atoms with Crippen LogP contribution < -0.4 is 0 Å². The van der Waals surface area contributed by atoms with E-state index < -0.39 is 11.5 Å². The molecule has 0 aliphatic carbocycles. The van der Waals surface area contributed by atoms with Crippen molar-refractivity contribution in [2.24, 2.45) is 0 Å². The lowest BCUT2D eigenvalue weighted by atomic mass is 10.2. The van der Waals surface area contributed by atoms with Crippen LogP contribution in [0.3, 0.4) is 0 Å². The Morgan fingerprint density at radius 3 is 1.88 bits per heavy atom. The van der Waals surface area contributed by atoms with Gasteiger partial charge in [-0.2, -0.15) is 0 Å². The molecule has 0 aromatic carbocycles. The summed E-state index contributed by atoms with van der Waals surface area (Å²) in [5.41, 5.74) is 0. The third-order valence-electron chi connectivity index (χ3n) is 0.878. The molecule has 0 fully saturated rings. The summed E-state index contributed by atoms with van der Waals surface area (Å²) in [6, 6.07) is 0. The van der Waals surface area contributed by atoms with E-state index in [0.29, 0.717) is 0 Å². The van der Waals surface area contributed by atoms with Crippen LogP contribution in [-0.2, 0) is 0 Å². The highest BCUT2D eigenvalue weighted by molar-refractivity contribution is 9.09. The number of rotatable bonds is 2. The summed E-state index contributed by atoms with van der Waals surface area (Å²) in [5.74, 6) is 0. The lowest BCUT2D eigenvalue weighted by molar-refractivity contribution is 0.331. The molecule has 3 unspecified atom stereocenters. The summed E-state index contributed by atoms with van der Waals surface area (Å²) in [4.78, 5) is -0.144. The lowest BCUT2D eigenvalue weighted by Gasteiger charge is -2.11. The van der Waals surface area contributed by atoms with Crippen LogP contribution in [0.1, 0.15) is 13.8 Å². The van der Waals surface area contributed by atoms with Crippen molar-refractivity contribution < 1.29 is 4.39 Å². The topological polar surface area (TPSA) is 0 Å². The molecule has 0 aliphatic heterocycles. The van der Waals surface area contributed by atoms with Crippen molar-refractivity contribution in [3.8, 4) is 0 Å². The van der Waals surface area contributed by atoms with Gasteiger partial charge in [0, 0.05) is 4.83 Å². The van der Waals surface area contributed by atoms with Gasteiger partial charge in [0.25, 0.3) is 0 Å². The molecule has 0 saturated carbocycles. The molecule has 0 N–H and O–H groups in total. The molecule has 0 saturated heterocycles. The standard InChI is InChI=1S/C5H9BrClF/c1-3(6)5(8)4(2)7/h3-5H,1-2H3. The molecule has 0 nitrogen and oxygen atoms in total. The van der Waals surface area contributed by atoms with Crippen molar-refractivity contribution in [2.75, 3.05) is 0 Å². The highest BCUT2D eigenvalue weighted by atomic mass is 79.9. The zero-order valence-electron chi connectivity index (χ0n) is 4.87. The Morgan fingerprint density at radius 1 is 1.50 bits per heavy atom. The molecule has 0 bridgehead atoms. The minimum absolute atomic E-state index is 0.144. The Kier molecular flexibility index (Phi) is 4.00. The Balaban J connectivity index is 3.46. The number of hydrogen-bond acceptors (Lipinski definition) is 0. The zero-order valence-corrected chi connectivity index (χ0v) is 7.21. The molecule has 0 aromatic heterocycles. The van der Waals surface area contributed by atoms with Crippen LogP contribution in [0.4, 0.5) is 4.39 Å². The van der Waals surface area contributed by atoms with Crippen molar-refractivity contribution in [2.45, 2.75) is 30.2 Å². The highest BCUT2D eigenvalue weighted by Gasteiger charge is 2.18. The largest absolute Gasteiger partial charge is 0.245 e. The van der Waals surface area contributed by atoms with Crippen molar-refractivity contribution in [1.29, 1.82) is 0 Å². The first-order chi connectivity index (χ1) is 3.55. The molecule has 0 spiro atoms. The van der Waals surface area contributed by atoms with Crippen LogP contribution >= 0.6 is 27.5 Å². The third-order valence-corrected chi connectivity index (χ3v) is 1.62. The Bertz CT molecular complexity index is 57.4. The first-order valence-corrected chi connectivity index (χ1v) is 3.83. The maximum atomic E-state index is 12.5. The van der Waals surface area contributed by atoms with Crippen LogP contribution in [0, 0.1) is 0 Å². The molecule has 8 heavy (non-hydrogen) atoms. The normalized spacial score (nSPS) is 22.1. The average molecular weight is 203 g/mol. The van der Waals surface area contributed by atoms with Crippen LogP contribution in [0.2, 0.25) is 0 Å². The van der Waals surface area contributed by atoms with Crippen molar-refractivity contribution in [3.63, 3.8) is 0 Å². The van der Waals surface area contributed by atoms with Crippen molar-refractivity contribution in [1.82, 2.24) is 0 Å². The van der Waals surface area contributed by atoms with Gasteiger partial charge in [-0.15, -0.1) is 11.6 Å². The predicted octanol–water partition coefficient (Wildman–Crippen LogP) is 2.74. The van der Waals surface area contributed by atoms with Gasteiger partial charge in [0.1, 0.15) is 6.17 Å². The minimum Gasteiger partial charge on any atom is -0.245 e. The minimum atomic E-state index is -0.948. The zero-order chi connectivity index (χ0) is 6.73. The lowest BCUT2D eigenvalue weighted by Crippen LogP contribution is -2.20. The molecule has 0 amide bonds. The molecular weight excluding hydrogens is 194 g/mol. The van der Waals surface area contributed by atoms with E-state index in [1.54, 1.807) is 13.8 Å². The molecule has 0 heterocycles. The van der Waals surface area contributed by atoms with Crippen molar-refractivity contribution in [3.05, 3.63) is 0 Å². The first-order valence-electron chi connectivity index (χ1n) is 2.48. The average Bonchev–Trinajstić information content (AvgIpc) is 1.64. The van der Waals surface area contributed by atoms with E-state index in [-0.39, 0.29) is 4.83 Å². The summed E-state index contributed by atoms with van der Waals surface area (Å²) < 4.78 is 12.5. The number of halogens is 3. The fourth-order valence-corrected chi connectivity index (χ4v) is 1.22. The maximum Gasteiger partial charge on any atom is 0.128 e. The second kappa shape index (κ2) is 3.67. The van der Waals surface area contributed by atoms with Gasteiger partial charge < -0.3 is 0 Å². The van der Waals surface area contributed by atoms with E-state index >= 15 is 0 Å². The van der Waals surface area contributed by atoms with Crippen molar-refractivity contribution >= 4 is 27.5 Å². The van der Waals surface area contributed by atoms with Gasteiger partial charge in [-0.05, 0) is 13.8 Å². The van der Waals surface area contributed by atoms with E-state index in [0.717, 1.165) is 0 Å². The molecule has 0 aromatic rings. The third kappa shape index (κ3) is 2.88. The van der Waals surface area contributed by atoms with Crippen LogP contribution in [0.5, 0.6) is 0 Å². The Morgan fingerprint density at radius 2 is 1.88 bits per heavy atom. The second-order valence-electron chi connectivity index (χ2n) is 1.80. The van der Waals surface area contributed by atoms with E-state index in [9.17, 15) is 4.39 Å². The second-order valence-corrected chi connectivity index (χ2v) is 3.93. The summed E-state index contributed by atoms with van der Waals surface area (Å²) in [5, 5.41) is -0.399. The number of alkyl halides is 3. The molecule has 3 atom stereocenters. The SMILES string of the molecule is CC(Cl)C(F)C(C)Br. The van der Waals surface area contributed by atoms with E-state index in [1.165, 1.54) is 0 Å².